The number of aromatic nitrogens is 1. The molecule has 0 saturated heterocycles. The number of aromatic amines is 1. The van der Waals surface area contributed by atoms with E-state index < -0.39 is 0 Å². The molecule has 128 valence electrons. The number of nitrogens with zero attached hydrogens (tertiary/aromatic N) is 1. The number of nitrogens with one attached hydrogen (secondary N) is 2. The van der Waals surface area contributed by atoms with Gasteiger partial charge in [0.1, 0.15) is 5.69 Å². The van der Waals surface area contributed by atoms with Crippen LogP contribution in [0.25, 0.3) is 22.0 Å². The van der Waals surface area contributed by atoms with E-state index in [2.05, 4.69) is 72.6 Å². The van der Waals surface area contributed by atoms with Gasteiger partial charge in [-0.25, -0.2) is 0 Å². The molecule has 2 heterocycles. The van der Waals surface area contributed by atoms with Crippen molar-refractivity contribution in [3.05, 3.63) is 63.9 Å². The summed E-state index contributed by atoms with van der Waals surface area (Å²) in [5.74, 6) is 0.343. The van der Waals surface area contributed by atoms with Gasteiger partial charge in [0.25, 0.3) is 5.56 Å². The normalized spacial score (nSPS) is 16.2. The number of fused-ring (bicyclic) bond motifs is 3. The lowest BCUT2D eigenvalue weighted by Gasteiger charge is -2.12. The number of pyridine rings is 1. The number of hydrogen-bond acceptors (Lipinski definition) is 3. The summed E-state index contributed by atoms with van der Waals surface area (Å²) in [7, 11) is 4.16. The Morgan fingerprint density at radius 1 is 1.12 bits per heavy atom. The van der Waals surface area contributed by atoms with E-state index in [1.807, 2.05) is 6.07 Å². The number of hydrogen-bond donors (Lipinski definition) is 2. The Morgan fingerprint density at radius 2 is 1.92 bits per heavy atom. The molecule has 1 atom stereocenters. The molecule has 1 aromatic heterocycles. The number of H-pyrrole nitrogens is 1. The molecule has 0 aliphatic carbocycles. The van der Waals surface area contributed by atoms with E-state index in [0.29, 0.717) is 5.92 Å². The summed E-state index contributed by atoms with van der Waals surface area (Å²) in [6, 6.07) is 15.0. The fourth-order valence-electron chi connectivity index (χ4n) is 3.76. The highest BCUT2D eigenvalue weighted by Gasteiger charge is 2.24. The Kier molecular flexibility index (Phi) is 3.85. The zero-order valence-corrected chi connectivity index (χ0v) is 14.9. The van der Waals surface area contributed by atoms with Crippen molar-refractivity contribution in [3.63, 3.8) is 0 Å². The standard InChI is InChI=1S/C21H23N3O/c1-13-11-22-20-19(13)17-10-16(7-8-18(17)23-21(20)25)15-6-4-5-14(9-15)12-24(2)3/h4-10,13,22H,11-12H2,1-3H3,(H,23,25). The average molecular weight is 333 g/mol. The fraction of sp³-hybridized carbons (Fsp3) is 0.286. The smallest absolute Gasteiger partial charge is 0.272 e. The second-order valence-electron chi connectivity index (χ2n) is 7.22. The van der Waals surface area contributed by atoms with Crippen molar-refractivity contribution in [3.8, 4) is 11.1 Å². The fourth-order valence-corrected chi connectivity index (χ4v) is 3.76. The molecular weight excluding hydrogens is 310 g/mol. The molecule has 2 N–H and O–H groups in total. The van der Waals surface area contributed by atoms with Gasteiger partial charge in [0.15, 0.2) is 0 Å². The minimum absolute atomic E-state index is 0.0208. The molecule has 25 heavy (non-hydrogen) atoms. The molecule has 0 bridgehead atoms. The van der Waals surface area contributed by atoms with Crippen molar-refractivity contribution in [2.24, 2.45) is 0 Å². The Balaban J connectivity index is 1.86. The first-order valence-electron chi connectivity index (χ1n) is 8.71. The average Bonchev–Trinajstić information content (AvgIpc) is 2.97. The molecule has 1 unspecified atom stereocenters. The molecule has 0 fully saturated rings. The summed E-state index contributed by atoms with van der Waals surface area (Å²) in [5.41, 5.74) is 6.45. The highest BCUT2D eigenvalue weighted by atomic mass is 16.1. The van der Waals surface area contributed by atoms with Crippen LogP contribution in [-0.2, 0) is 6.54 Å². The molecule has 1 aliphatic heterocycles. The van der Waals surface area contributed by atoms with Crippen LogP contribution in [0.4, 0.5) is 5.69 Å². The minimum atomic E-state index is -0.0208. The lowest BCUT2D eigenvalue weighted by molar-refractivity contribution is 0.402. The van der Waals surface area contributed by atoms with Gasteiger partial charge in [-0.15, -0.1) is 0 Å². The van der Waals surface area contributed by atoms with Gasteiger partial charge in [-0.2, -0.15) is 0 Å². The van der Waals surface area contributed by atoms with Gasteiger partial charge < -0.3 is 15.2 Å². The highest BCUT2D eigenvalue weighted by molar-refractivity contribution is 5.91. The third-order valence-electron chi connectivity index (χ3n) is 4.89. The topological polar surface area (TPSA) is 48.1 Å². The van der Waals surface area contributed by atoms with E-state index in [-0.39, 0.29) is 5.56 Å². The summed E-state index contributed by atoms with van der Waals surface area (Å²) >= 11 is 0. The molecule has 3 aromatic rings. The molecule has 0 spiro atoms. The summed E-state index contributed by atoms with van der Waals surface area (Å²) in [4.78, 5) is 17.4. The van der Waals surface area contributed by atoms with Crippen LogP contribution >= 0.6 is 0 Å². The molecule has 4 heteroatoms. The van der Waals surface area contributed by atoms with E-state index >= 15 is 0 Å². The maximum Gasteiger partial charge on any atom is 0.272 e. The van der Waals surface area contributed by atoms with Crippen molar-refractivity contribution in [1.29, 1.82) is 0 Å². The van der Waals surface area contributed by atoms with Crippen LogP contribution in [0, 0.1) is 0 Å². The predicted octanol–water partition coefficient (Wildman–Crippen LogP) is 3.79. The van der Waals surface area contributed by atoms with E-state index in [0.717, 1.165) is 35.2 Å². The summed E-state index contributed by atoms with van der Waals surface area (Å²) in [6.07, 6.45) is 0. The SMILES string of the molecule is CC1CNc2c1c1cc(-c3cccc(CN(C)C)c3)ccc1[nH]c2=O. The largest absolute Gasteiger partial charge is 0.380 e. The van der Waals surface area contributed by atoms with Crippen LogP contribution in [0.1, 0.15) is 24.0 Å². The minimum Gasteiger partial charge on any atom is -0.380 e. The lowest BCUT2D eigenvalue weighted by Crippen LogP contribution is -2.11. The van der Waals surface area contributed by atoms with Crippen LogP contribution < -0.4 is 10.9 Å². The lowest BCUT2D eigenvalue weighted by atomic mass is 9.95. The van der Waals surface area contributed by atoms with Crippen molar-refractivity contribution >= 4 is 16.6 Å². The van der Waals surface area contributed by atoms with Crippen LogP contribution in [0.5, 0.6) is 0 Å². The van der Waals surface area contributed by atoms with Crippen molar-refractivity contribution < 1.29 is 0 Å². The zero-order chi connectivity index (χ0) is 17.6. The monoisotopic (exact) mass is 333 g/mol. The Bertz CT molecular complexity index is 1000. The predicted molar refractivity (Wildman–Crippen MR) is 104 cm³/mol. The number of benzene rings is 2. The number of rotatable bonds is 3. The quantitative estimate of drug-likeness (QED) is 0.767. The van der Waals surface area contributed by atoms with Gasteiger partial charge in [0.2, 0.25) is 0 Å². The first-order chi connectivity index (χ1) is 12.0. The molecule has 0 radical (unpaired) electrons. The van der Waals surface area contributed by atoms with Gasteiger partial charge >= 0.3 is 0 Å². The summed E-state index contributed by atoms with van der Waals surface area (Å²) in [6.45, 7) is 3.91. The van der Waals surface area contributed by atoms with Crippen LogP contribution in [0.3, 0.4) is 0 Å². The maximum atomic E-state index is 12.3. The Labute approximate surface area is 147 Å². The van der Waals surface area contributed by atoms with E-state index in [1.165, 1.54) is 16.7 Å². The van der Waals surface area contributed by atoms with Gasteiger partial charge in [-0.1, -0.05) is 31.2 Å². The van der Waals surface area contributed by atoms with Crippen molar-refractivity contribution in [2.45, 2.75) is 19.4 Å². The third-order valence-corrected chi connectivity index (χ3v) is 4.89. The Morgan fingerprint density at radius 3 is 2.72 bits per heavy atom. The highest BCUT2D eigenvalue weighted by Crippen LogP contribution is 2.35. The molecule has 4 rings (SSSR count). The van der Waals surface area contributed by atoms with E-state index in [4.69, 9.17) is 0 Å². The molecule has 1 aliphatic rings. The zero-order valence-electron chi connectivity index (χ0n) is 14.9. The van der Waals surface area contributed by atoms with E-state index in [1.54, 1.807) is 0 Å². The molecule has 0 amide bonds. The van der Waals surface area contributed by atoms with Gasteiger partial charge in [-0.3, -0.25) is 4.79 Å². The van der Waals surface area contributed by atoms with Gasteiger partial charge in [0.05, 0.1) is 0 Å². The molecule has 4 nitrogen and oxygen atoms in total. The van der Waals surface area contributed by atoms with E-state index in [9.17, 15) is 4.79 Å². The van der Waals surface area contributed by atoms with Gasteiger partial charge in [-0.05, 0) is 54.5 Å². The van der Waals surface area contributed by atoms with Crippen LogP contribution in [0.15, 0.2) is 47.3 Å². The van der Waals surface area contributed by atoms with Crippen molar-refractivity contribution in [2.75, 3.05) is 26.0 Å². The van der Waals surface area contributed by atoms with Crippen molar-refractivity contribution in [1.82, 2.24) is 9.88 Å². The Hall–Kier alpha value is -2.59. The van der Waals surface area contributed by atoms with Gasteiger partial charge in [0, 0.05) is 29.9 Å². The molecule has 0 saturated carbocycles. The molecular formula is C21H23N3O. The maximum absolute atomic E-state index is 12.3. The summed E-state index contributed by atoms with van der Waals surface area (Å²) < 4.78 is 0. The summed E-state index contributed by atoms with van der Waals surface area (Å²) in [5, 5.41) is 4.39. The first-order valence-corrected chi connectivity index (χ1v) is 8.71. The first kappa shape index (κ1) is 15.9. The van der Waals surface area contributed by atoms with Crippen LogP contribution in [-0.4, -0.2) is 30.5 Å². The number of anilines is 1. The second-order valence-corrected chi connectivity index (χ2v) is 7.22. The molecule has 2 aromatic carbocycles. The van der Waals surface area contributed by atoms with Crippen LogP contribution in [0.2, 0.25) is 0 Å². The second kappa shape index (κ2) is 6.05. The third kappa shape index (κ3) is 2.83.